The molecule has 1 aliphatic rings. The number of ether oxygens (including phenoxy) is 1. The van der Waals surface area contributed by atoms with Gasteiger partial charge in [0, 0.05) is 19.0 Å². The summed E-state index contributed by atoms with van der Waals surface area (Å²) in [6.45, 7) is 8.49. The zero-order valence-corrected chi connectivity index (χ0v) is 14.3. The highest BCUT2D eigenvalue weighted by molar-refractivity contribution is 5.80. The van der Waals surface area contributed by atoms with Crippen molar-refractivity contribution >= 4 is 12.0 Å². The van der Waals surface area contributed by atoms with Crippen molar-refractivity contribution in [1.29, 1.82) is 0 Å². The van der Waals surface area contributed by atoms with E-state index in [0.29, 0.717) is 19.5 Å². The SMILES string of the molecule is CC1C[C@H](NC(=O)OC(C)(C)C)CN(Cc2ccccc2)C1=O. The first kappa shape index (κ1) is 17.3. The number of carbonyl (C=O) groups is 2. The van der Waals surface area contributed by atoms with Crippen LogP contribution in [0.2, 0.25) is 0 Å². The number of piperidine rings is 1. The zero-order valence-electron chi connectivity index (χ0n) is 14.3. The summed E-state index contributed by atoms with van der Waals surface area (Å²) in [6, 6.07) is 9.80. The molecule has 1 fully saturated rings. The first-order chi connectivity index (χ1) is 10.7. The van der Waals surface area contributed by atoms with E-state index in [2.05, 4.69) is 5.32 Å². The highest BCUT2D eigenvalue weighted by Crippen LogP contribution is 2.20. The summed E-state index contributed by atoms with van der Waals surface area (Å²) < 4.78 is 5.30. The van der Waals surface area contributed by atoms with Crippen LogP contribution in [0, 0.1) is 5.92 Å². The summed E-state index contributed by atoms with van der Waals surface area (Å²) in [5.41, 5.74) is 0.565. The molecule has 1 unspecified atom stereocenters. The zero-order chi connectivity index (χ0) is 17.0. The topological polar surface area (TPSA) is 58.6 Å². The summed E-state index contributed by atoms with van der Waals surface area (Å²) in [7, 11) is 0. The van der Waals surface area contributed by atoms with Crippen LogP contribution in [0.15, 0.2) is 30.3 Å². The van der Waals surface area contributed by atoms with Gasteiger partial charge in [-0.15, -0.1) is 0 Å². The Hall–Kier alpha value is -2.04. The van der Waals surface area contributed by atoms with E-state index >= 15 is 0 Å². The molecule has 0 bridgehead atoms. The Morgan fingerprint density at radius 3 is 2.57 bits per heavy atom. The Kier molecular flexibility index (Phi) is 5.29. The maximum absolute atomic E-state index is 12.4. The predicted octanol–water partition coefficient (Wildman–Crippen LogP) is 2.95. The van der Waals surface area contributed by atoms with Gasteiger partial charge in [0.1, 0.15) is 5.60 Å². The lowest BCUT2D eigenvalue weighted by atomic mass is 9.94. The third-order valence-electron chi connectivity index (χ3n) is 3.75. The van der Waals surface area contributed by atoms with Gasteiger partial charge in [0.15, 0.2) is 0 Å². The summed E-state index contributed by atoms with van der Waals surface area (Å²) in [6.07, 6.45) is 0.215. The second kappa shape index (κ2) is 7.02. The lowest BCUT2D eigenvalue weighted by Gasteiger charge is -2.36. The average molecular weight is 318 g/mol. The van der Waals surface area contributed by atoms with Crippen LogP contribution in [0.5, 0.6) is 0 Å². The molecule has 0 aliphatic carbocycles. The van der Waals surface area contributed by atoms with Crippen molar-refractivity contribution in [3.63, 3.8) is 0 Å². The molecule has 0 saturated carbocycles. The Morgan fingerprint density at radius 1 is 1.30 bits per heavy atom. The Bertz CT molecular complexity index is 551. The number of hydrogen-bond acceptors (Lipinski definition) is 3. The Morgan fingerprint density at radius 2 is 1.96 bits per heavy atom. The second-order valence-corrected chi connectivity index (χ2v) is 7.18. The fourth-order valence-electron chi connectivity index (χ4n) is 2.79. The maximum atomic E-state index is 12.4. The van der Waals surface area contributed by atoms with Crippen LogP contribution in [0.3, 0.4) is 0 Å². The Labute approximate surface area is 138 Å². The summed E-state index contributed by atoms with van der Waals surface area (Å²) in [5.74, 6) is 0.0310. The first-order valence-corrected chi connectivity index (χ1v) is 8.07. The smallest absolute Gasteiger partial charge is 0.407 e. The number of benzene rings is 1. The second-order valence-electron chi connectivity index (χ2n) is 7.18. The van der Waals surface area contributed by atoms with Crippen LogP contribution >= 0.6 is 0 Å². The van der Waals surface area contributed by atoms with Gasteiger partial charge in [-0.05, 0) is 32.8 Å². The number of nitrogens with zero attached hydrogens (tertiary/aromatic N) is 1. The quantitative estimate of drug-likeness (QED) is 0.932. The molecule has 5 heteroatoms. The van der Waals surface area contributed by atoms with Crippen molar-refractivity contribution in [2.75, 3.05) is 6.54 Å². The maximum Gasteiger partial charge on any atom is 0.407 e. The standard InChI is InChI=1S/C18H26N2O3/c1-13-10-15(19-17(22)23-18(2,3)4)12-20(16(13)21)11-14-8-6-5-7-9-14/h5-9,13,15H,10-12H2,1-4H3,(H,19,22)/t13?,15-/m0/s1. The molecule has 1 aliphatic heterocycles. The molecule has 1 aromatic rings. The highest BCUT2D eigenvalue weighted by atomic mass is 16.6. The third-order valence-corrected chi connectivity index (χ3v) is 3.75. The largest absolute Gasteiger partial charge is 0.444 e. The monoisotopic (exact) mass is 318 g/mol. The van der Waals surface area contributed by atoms with E-state index in [1.54, 1.807) is 0 Å². The van der Waals surface area contributed by atoms with Gasteiger partial charge in [-0.3, -0.25) is 4.79 Å². The molecule has 0 radical (unpaired) electrons. The minimum Gasteiger partial charge on any atom is -0.444 e. The van der Waals surface area contributed by atoms with E-state index in [4.69, 9.17) is 4.74 Å². The lowest BCUT2D eigenvalue weighted by Crippen LogP contribution is -2.53. The van der Waals surface area contributed by atoms with Crippen molar-refractivity contribution in [1.82, 2.24) is 10.2 Å². The molecule has 5 nitrogen and oxygen atoms in total. The van der Waals surface area contributed by atoms with Crippen molar-refractivity contribution in [2.24, 2.45) is 5.92 Å². The fraction of sp³-hybridized carbons (Fsp3) is 0.556. The van der Waals surface area contributed by atoms with Crippen LogP contribution in [0.1, 0.15) is 39.7 Å². The molecule has 2 atom stereocenters. The highest BCUT2D eigenvalue weighted by Gasteiger charge is 2.33. The van der Waals surface area contributed by atoms with E-state index in [1.807, 2.05) is 62.9 Å². The molecule has 126 valence electrons. The molecular formula is C18H26N2O3. The predicted molar refractivity (Wildman–Crippen MR) is 88.8 cm³/mol. The van der Waals surface area contributed by atoms with Crippen molar-refractivity contribution in [2.45, 2.75) is 52.3 Å². The summed E-state index contributed by atoms with van der Waals surface area (Å²) >= 11 is 0. The van der Waals surface area contributed by atoms with Crippen molar-refractivity contribution in [3.8, 4) is 0 Å². The van der Waals surface area contributed by atoms with Crippen LogP contribution < -0.4 is 5.32 Å². The molecule has 2 rings (SSSR count). The van der Waals surface area contributed by atoms with Gasteiger partial charge in [0.05, 0.1) is 6.04 Å². The van der Waals surface area contributed by atoms with Crippen molar-refractivity contribution < 1.29 is 14.3 Å². The summed E-state index contributed by atoms with van der Waals surface area (Å²) in [4.78, 5) is 26.1. The number of alkyl carbamates (subject to hydrolysis) is 1. The van der Waals surface area contributed by atoms with E-state index in [-0.39, 0.29) is 17.9 Å². The van der Waals surface area contributed by atoms with Crippen molar-refractivity contribution in [3.05, 3.63) is 35.9 Å². The van der Waals surface area contributed by atoms with Crippen LogP contribution in [-0.2, 0) is 16.1 Å². The van der Waals surface area contributed by atoms with E-state index in [9.17, 15) is 9.59 Å². The van der Waals surface area contributed by atoms with Gasteiger partial charge in [-0.1, -0.05) is 37.3 Å². The summed E-state index contributed by atoms with van der Waals surface area (Å²) in [5, 5.41) is 2.89. The lowest BCUT2D eigenvalue weighted by molar-refractivity contribution is -0.139. The normalized spacial score (nSPS) is 21.9. The number of rotatable bonds is 3. The molecule has 23 heavy (non-hydrogen) atoms. The van der Waals surface area contributed by atoms with E-state index in [1.165, 1.54) is 0 Å². The van der Waals surface area contributed by atoms with Gasteiger partial charge in [-0.2, -0.15) is 0 Å². The number of nitrogens with one attached hydrogen (secondary N) is 1. The minimum absolute atomic E-state index is 0.0822. The number of hydrogen-bond donors (Lipinski definition) is 1. The number of amides is 2. The molecule has 1 aromatic carbocycles. The minimum atomic E-state index is -0.524. The molecule has 2 amide bonds. The van der Waals surface area contributed by atoms with Gasteiger partial charge in [0.25, 0.3) is 0 Å². The van der Waals surface area contributed by atoms with E-state index in [0.717, 1.165) is 5.56 Å². The number of carbonyl (C=O) groups excluding carboxylic acids is 2. The van der Waals surface area contributed by atoms with Crippen LogP contribution in [0.25, 0.3) is 0 Å². The molecular weight excluding hydrogens is 292 g/mol. The van der Waals surface area contributed by atoms with E-state index < -0.39 is 11.7 Å². The van der Waals surface area contributed by atoms with Gasteiger partial charge >= 0.3 is 6.09 Å². The molecule has 1 heterocycles. The van der Waals surface area contributed by atoms with Gasteiger partial charge < -0.3 is 15.0 Å². The molecule has 1 saturated heterocycles. The molecule has 1 N–H and O–H groups in total. The average Bonchev–Trinajstić information content (AvgIpc) is 2.43. The van der Waals surface area contributed by atoms with Crippen LogP contribution in [0.4, 0.5) is 4.79 Å². The number of likely N-dealkylation sites (tertiary alicyclic amines) is 1. The molecule has 0 spiro atoms. The van der Waals surface area contributed by atoms with Crippen LogP contribution in [-0.4, -0.2) is 35.1 Å². The first-order valence-electron chi connectivity index (χ1n) is 8.07. The fourth-order valence-corrected chi connectivity index (χ4v) is 2.79. The van der Waals surface area contributed by atoms with Gasteiger partial charge in [-0.25, -0.2) is 4.79 Å². The van der Waals surface area contributed by atoms with Gasteiger partial charge in [0.2, 0.25) is 5.91 Å². The molecule has 0 aromatic heterocycles. The Balaban J connectivity index is 1.98. The third kappa shape index (κ3) is 5.27.